The zero-order valence-corrected chi connectivity index (χ0v) is 16.8. The van der Waals surface area contributed by atoms with Crippen LogP contribution in [0.5, 0.6) is 0 Å². The summed E-state index contributed by atoms with van der Waals surface area (Å²) in [7, 11) is 0. The summed E-state index contributed by atoms with van der Waals surface area (Å²) in [5, 5.41) is 0. The topological polar surface area (TPSA) is 104 Å². The van der Waals surface area contributed by atoms with E-state index < -0.39 is 19.4 Å². The SMILES string of the molecule is CC1=C(C)C(=O)C(COC(=O)OCC2=C(C)C(=O)C(C)=C(C)C2=O)=C(C)C1=O. The number of allylic oxidation sites excluding steroid dienone is 6. The Hall–Kier alpha value is -3.09. The fraction of sp³-hybridized carbons (Fsp3) is 0.381. The molecule has 0 fully saturated rings. The Morgan fingerprint density at radius 1 is 0.536 bits per heavy atom. The van der Waals surface area contributed by atoms with Gasteiger partial charge in [-0.3, -0.25) is 19.2 Å². The Bertz CT molecular complexity index is 875. The van der Waals surface area contributed by atoms with Crippen LogP contribution in [-0.4, -0.2) is 42.5 Å². The van der Waals surface area contributed by atoms with Gasteiger partial charge in [0.05, 0.1) is 0 Å². The van der Waals surface area contributed by atoms with Crippen LogP contribution in [0.1, 0.15) is 41.5 Å². The Morgan fingerprint density at radius 2 is 0.821 bits per heavy atom. The molecule has 28 heavy (non-hydrogen) atoms. The van der Waals surface area contributed by atoms with Gasteiger partial charge in [-0.05, 0) is 41.5 Å². The van der Waals surface area contributed by atoms with Crippen LogP contribution in [0, 0.1) is 0 Å². The van der Waals surface area contributed by atoms with Gasteiger partial charge in [-0.25, -0.2) is 4.79 Å². The van der Waals surface area contributed by atoms with Gasteiger partial charge in [-0.1, -0.05) is 0 Å². The molecule has 148 valence electrons. The molecule has 0 radical (unpaired) electrons. The molecular weight excluding hydrogens is 364 g/mol. The first kappa shape index (κ1) is 21.2. The summed E-state index contributed by atoms with van der Waals surface area (Å²) in [6.07, 6.45) is -1.10. The highest BCUT2D eigenvalue weighted by molar-refractivity contribution is 6.25. The summed E-state index contributed by atoms with van der Waals surface area (Å²) in [6, 6.07) is 0. The molecule has 0 N–H and O–H groups in total. The van der Waals surface area contributed by atoms with Crippen LogP contribution >= 0.6 is 0 Å². The number of hydrogen-bond acceptors (Lipinski definition) is 7. The average Bonchev–Trinajstić information content (AvgIpc) is 2.67. The summed E-state index contributed by atoms with van der Waals surface area (Å²) in [5.74, 6) is -1.25. The van der Waals surface area contributed by atoms with E-state index in [1.807, 2.05) is 0 Å². The fourth-order valence-corrected chi connectivity index (χ4v) is 2.96. The van der Waals surface area contributed by atoms with Crippen LogP contribution in [0.4, 0.5) is 4.79 Å². The van der Waals surface area contributed by atoms with Gasteiger partial charge in [0, 0.05) is 44.6 Å². The third-order valence-corrected chi connectivity index (χ3v) is 5.29. The summed E-state index contributed by atoms with van der Waals surface area (Å²) in [4.78, 5) is 60.7. The van der Waals surface area contributed by atoms with Crippen molar-refractivity contribution in [3.05, 3.63) is 44.6 Å². The average molecular weight is 386 g/mol. The number of Topliss-reactive ketones (excluding diaryl/α,β-unsaturated/α-hetero) is 4. The van der Waals surface area contributed by atoms with Crippen molar-refractivity contribution in [3.8, 4) is 0 Å². The minimum Gasteiger partial charge on any atom is -0.429 e. The van der Waals surface area contributed by atoms with Crippen molar-refractivity contribution >= 4 is 29.3 Å². The van der Waals surface area contributed by atoms with Gasteiger partial charge >= 0.3 is 6.16 Å². The van der Waals surface area contributed by atoms with E-state index in [0.29, 0.717) is 22.3 Å². The van der Waals surface area contributed by atoms with Crippen molar-refractivity contribution in [2.45, 2.75) is 41.5 Å². The lowest BCUT2D eigenvalue weighted by Gasteiger charge is -2.19. The minimum atomic E-state index is -1.10. The summed E-state index contributed by atoms with van der Waals surface area (Å²) >= 11 is 0. The lowest BCUT2D eigenvalue weighted by molar-refractivity contribution is -0.117. The van der Waals surface area contributed by atoms with E-state index in [4.69, 9.17) is 9.47 Å². The number of hydrogen-bond donors (Lipinski definition) is 0. The molecule has 0 heterocycles. The molecule has 0 atom stereocenters. The molecule has 0 saturated carbocycles. The van der Waals surface area contributed by atoms with Crippen molar-refractivity contribution in [2.24, 2.45) is 0 Å². The molecule has 0 aliphatic heterocycles. The number of ether oxygens (including phenoxy) is 2. The van der Waals surface area contributed by atoms with E-state index in [1.54, 1.807) is 27.7 Å². The number of carbonyl (C=O) groups is 5. The normalized spacial score (nSPS) is 18.5. The highest BCUT2D eigenvalue weighted by atomic mass is 16.7. The Labute approximate surface area is 162 Å². The van der Waals surface area contributed by atoms with Gasteiger partial charge < -0.3 is 9.47 Å². The van der Waals surface area contributed by atoms with Gasteiger partial charge in [0.2, 0.25) is 0 Å². The molecule has 0 aromatic rings. The molecule has 2 aliphatic carbocycles. The predicted octanol–water partition coefficient (Wildman–Crippen LogP) is 2.75. The summed E-state index contributed by atoms with van der Waals surface area (Å²) < 4.78 is 9.89. The molecule has 7 nitrogen and oxygen atoms in total. The molecule has 7 heteroatoms. The zero-order chi connectivity index (χ0) is 21.3. The second-order valence-electron chi connectivity index (χ2n) is 6.85. The largest absolute Gasteiger partial charge is 0.508 e. The van der Waals surface area contributed by atoms with Crippen molar-refractivity contribution in [1.82, 2.24) is 0 Å². The Balaban J connectivity index is 2.03. The van der Waals surface area contributed by atoms with Crippen LogP contribution in [0.3, 0.4) is 0 Å². The molecule has 0 aromatic carbocycles. The van der Waals surface area contributed by atoms with Crippen molar-refractivity contribution in [3.63, 3.8) is 0 Å². The molecule has 0 unspecified atom stereocenters. The quantitative estimate of drug-likeness (QED) is 0.540. The standard InChI is InChI=1S/C21H22O7/c1-9-11(3)19(24)15(13(5)17(9)22)7-27-21(26)28-8-16-14(6)18(23)10(2)12(4)20(16)25/h7-8H2,1-6H3. The first-order valence-corrected chi connectivity index (χ1v) is 8.71. The van der Waals surface area contributed by atoms with E-state index >= 15 is 0 Å². The maximum atomic E-state index is 12.3. The maximum Gasteiger partial charge on any atom is 0.508 e. The minimum absolute atomic E-state index is 0.0961. The lowest BCUT2D eigenvalue weighted by Crippen LogP contribution is -2.26. The third kappa shape index (κ3) is 3.65. The van der Waals surface area contributed by atoms with Gasteiger partial charge in [0.25, 0.3) is 0 Å². The Morgan fingerprint density at radius 3 is 1.14 bits per heavy atom. The van der Waals surface area contributed by atoms with Crippen LogP contribution in [0.25, 0.3) is 0 Å². The highest BCUT2D eigenvalue weighted by Gasteiger charge is 2.30. The van der Waals surface area contributed by atoms with Crippen molar-refractivity contribution in [2.75, 3.05) is 13.2 Å². The number of ketones is 4. The van der Waals surface area contributed by atoms with Crippen molar-refractivity contribution in [1.29, 1.82) is 0 Å². The van der Waals surface area contributed by atoms with E-state index in [9.17, 15) is 24.0 Å². The lowest BCUT2D eigenvalue weighted by atomic mass is 9.86. The number of carbonyl (C=O) groups excluding carboxylic acids is 5. The van der Waals surface area contributed by atoms with E-state index in [-0.39, 0.29) is 45.4 Å². The maximum absolute atomic E-state index is 12.3. The Kier molecular flexibility index (Phi) is 5.97. The summed E-state index contributed by atoms with van der Waals surface area (Å²) in [6.45, 7) is 8.39. The van der Waals surface area contributed by atoms with E-state index in [2.05, 4.69) is 0 Å². The second-order valence-corrected chi connectivity index (χ2v) is 6.85. The molecule has 0 bridgehead atoms. The first-order chi connectivity index (χ1) is 13.0. The third-order valence-electron chi connectivity index (χ3n) is 5.29. The predicted molar refractivity (Wildman–Crippen MR) is 99.5 cm³/mol. The van der Waals surface area contributed by atoms with E-state index in [1.165, 1.54) is 13.8 Å². The molecular formula is C21H22O7. The van der Waals surface area contributed by atoms with Crippen LogP contribution in [0.15, 0.2) is 44.6 Å². The van der Waals surface area contributed by atoms with E-state index in [0.717, 1.165) is 0 Å². The van der Waals surface area contributed by atoms with Gasteiger partial charge in [0.15, 0.2) is 23.1 Å². The molecule has 2 rings (SSSR count). The van der Waals surface area contributed by atoms with Crippen LogP contribution in [-0.2, 0) is 28.7 Å². The first-order valence-electron chi connectivity index (χ1n) is 8.71. The van der Waals surface area contributed by atoms with Gasteiger partial charge in [-0.15, -0.1) is 0 Å². The smallest absolute Gasteiger partial charge is 0.429 e. The summed E-state index contributed by atoms with van der Waals surface area (Å²) in [5.41, 5.74) is 2.01. The zero-order valence-electron chi connectivity index (χ0n) is 16.8. The molecule has 0 amide bonds. The van der Waals surface area contributed by atoms with Crippen molar-refractivity contribution < 1.29 is 33.4 Å². The molecule has 2 aliphatic rings. The molecule has 0 saturated heterocycles. The second kappa shape index (κ2) is 7.88. The molecule has 0 aromatic heterocycles. The monoisotopic (exact) mass is 386 g/mol. The fourth-order valence-electron chi connectivity index (χ4n) is 2.96. The van der Waals surface area contributed by atoms with Crippen LogP contribution < -0.4 is 0 Å². The van der Waals surface area contributed by atoms with Crippen LogP contribution in [0.2, 0.25) is 0 Å². The number of rotatable bonds is 4. The highest BCUT2D eigenvalue weighted by Crippen LogP contribution is 2.25. The van der Waals surface area contributed by atoms with Gasteiger partial charge in [-0.2, -0.15) is 0 Å². The molecule has 0 spiro atoms. The van der Waals surface area contributed by atoms with Gasteiger partial charge in [0.1, 0.15) is 13.2 Å².